The van der Waals surface area contributed by atoms with E-state index in [2.05, 4.69) is 42.5 Å². The fourth-order valence-electron chi connectivity index (χ4n) is 5.76. The summed E-state index contributed by atoms with van der Waals surface area (Å²) in [6.45, 7) is 1.81. The maximum absolute atomic E-state index is 13.4. The van der Waals surface area contributed by atoms with E-state index in [9.17, 15) is 9.90 Å². The topological polar surface area (TPSA) is 66.3 Å². The number of rotatable bonds is 7. The second kappa shape index (κ2) is 10.4. The third-order valence-electron chi connectivity index (χ3n) is 8.14. The van der Waals surface area contributed by atoms with Crippen LogP contribution in [0.3, 0.4) is 0 Å². The summed E-state index contributed by atoms with van der Waals surface area (Å²) in [7, 11) is 0. The summed E-state index contributed by atoms with van der Waals surface area (Å²) in [5, 5.41) is 9.45. The molecule has 188 valence electrons. The Hall–Kier alpha value is -3.57. The summed E-state index contributed by atoms with van der Waals surface area (Å²) in [6.07, 6.45) is 4.89. The normalized spacial score (nSPS) is 19.8. The average molecular weight is 492 g/mol. The Kier molecular flexibility index (Phi) is 6.71. The number of benzene rings is 3. The number of aromatic nitrogens is 2. The van der Waals surface area contributed by atoms with Gasteiger partial charge in [0.25, 0.3) is 5.91 Å². The molecule has 2 heterocycles. The molecule has 3 aromatic carbocycles. The molecule has 1 saturated heterocycles. The number of piperidine rings is 1. The van der Waals surface area contributed by atoms with Gasteiger partial charge in [-0.2, -0.15) is 0 Å². The van der Waals surface area contributed by atoms with Gasteiger partial charge >= 0.3 is 0 Å². The van der Waals surface area contributed by atoms with Crippen molar-refractivity contribution in [3.05, 3.63) is 95.7 Å². The number of nitrogens with zero attached hydrogens (tertiary/aromatic N) is 3. The van der Waals surface area contributed by atoms with E-state index in [0.717, 1.165) is 73.2 Å². The molecule has 0 spiro atoms. The molecule has 5 heteroatoms. The van der Waals surface area contributed by atoms with Crippen molar-refractivity contribution in [1.29, 1.82) is 0 Å². The number of hydrogen-bond acceptors (Lipinski definition) is 4. The molecule has 5 nitrogen and oxygen atoms in total. The number of aryl methyl sites for hydroxylation is 1. The van der Waals surface area contributed by atoms with Gasteiger partial charge in [0, 0.05) is 30.8 Å². The highest BCUT2D eigenvalue weighted by Crippen LogP contribution is 2.41. The van der Waals surface area contributed by atoms with Crippen molar-refractivity contribution < 1.29 is 9.90 Å². The van der Waals surface area contributed by atoms with Gasteiger partial charge in [0.2, 0.25) is 0 Å². The van der Waals surface area contributed by atoms with E-state index >= 15 is 0 Å². The lowest BCUT2D eigenvalue weighted by atomic mass is 9.89. The Labute approximate surface area is 218 Å². The molecule has 0 bridgehead atoms. The van der Waals surface area contributed by atoms with Gasteiger partial charge < -0.3 is 10.0 Å². The van der Waals surface area contributed by atoms with Gasteiger partial charge in [-0.1, -0.05) is 60.7 Å². The van der Waals surface area contributed by atoms with Crippen LogP contribution in [0.15, 0.2) is 78.9 Å². The van der Waals surface area contributed by atoms with Crippen LogP contribution in [0.5, 0.6) is 0 Å². The smallest absolute Gasteiger partial charge is 0.253 e. The fourth-order valence-corrected chi connectivity index (χ4v) is 5.76. The summed E-state index contributed by atoms with van der Waals surface area (Å²) < 4.78 is 0. The van der Waals surface area contributed by atoms with Gasteiger partial charge in [0.15, 0.2) is 0 Å². The molecule has 1 saturated carbocycles. The average Bonchev–Trinajstić information content (AvgIpc) is 3.74. The van der Waals surface area contributed by atoms with E-state index in [0.29, 0.717) is 23.3 Å². The molecule has 1 aliphatic carbocycles. The van der Waals surface area contributed by atoms with Crippen LogP contribution in [0.4, 0.5) is 0 Å². The van der Waals surface area contributed by atoms with Crippen molar-refractivity contribution >= 4 is 16.9 Å². The number of carbonyl (C=O) groups is 1. The number of fused-ring (bicyclic) bond motifs is 1. The van der Waals surface area contributed by atoms with E-state index < -0.39 is 0 Å². The van der Waals surface area contributed by atoms with Crippen molar-refractivity contribution in [3.63, 3.8) is 0 Å². The Morgan fingerprint density at radius 1 is 0.865 bits per heavy atom. The SMILES string of the molecule is O=C(c1ccc2nc(-c3ccccc3)c(CCC3CC3CO)nc2c1)N1CCC(c2ccccc2)CC1. The van der Waals surface area contributed by atoms with Crippen molar-refractivity contribution in [1.82, 2.24) is 14.9 Å². The van der Waals surface area contributed by atoms with E-state index in [1.807, 2.05) is 41.3 Å². The minimum absolute atomic E-state index is 0.0765. The number of carbonyl (C=O) groups excluding carboxylic acids is 1. The molecule has 37 heavy (non-hydrogen) atoms. The molecule has 2 unspecified atom stereocenters. The summed E-state index contributed by atoms with van der Waals surface area (Å²) in [4.78, 5) is 25.4. The Morgan fingerprint density at radius 2 is 1.59 bits per heavy atom. The van der Waals surface area contributed by atoms with Gasteiger partial charge in [0.05, 0.1) is 22.4 Å². The minimum Gasteiger partial charge on any atom is -0.396 e. The van der Waals surface area contributed by atoms with Crippen molar-refractivity contribution in [2.24, 2.45) is 11.8 Å². The molecular weight excluding hydrogens is 458 g/mol. The number of aliphatic hydroxyl groups excluding tert-OH is 1. The first kappa shape index (κ1) is 23.8. The van der Waals surface area contributed by atoms with Crippen molar-refractivity contribution in [2.45, 2.75) is 38.0 Å². The molecule has 6 rings (SSSR count). The number of aliphatic hydroxyl groups is 1. The standard InChI is InChI=1S/C32H33N3O2/c36-21-27-19-25(27)11-14-29-31(24-9-5-2-6-10-24)34-28-13-12-26(20-30(28)33-29)32(37)35-17-15-23(16-18-35)22-7-3-1-4-8-22/h1-10,12-13,20,23,25,27,36H,11,14-19,21H2. The Bertz CT molecular complexity index is 1380. The first-order valence-corrected chi connectivity index (χ1v) is 13.5. The number of amides is 1. The molecule has 1 aromatic heterocycles. The van der Waals surface area contributed by atoms with Gasteiger partial charge in [-0.25, -0.2) is 9.97 Å². The van der Waals surface area contributed by atoms with Crippen LogP contribution in [0.1, 0.15) is 53.2 Å². The maximum Gasteiger partial charge on any atom is 0.253 e. The van der Waals surface area contributed by atoms with Gasteiger partial charge in [-0.05, 0) is 73.6 Å². The van der Waals surface area contributed by atoms with Crippen LogP contribution in [0.25, 0.3) is 22.3 Å². The van der Waals surface area contributed by atoms with Crippen molar-refractivity contribution in [2.75, 3.05) is 19.7 Å². The van der Waals surface area contributed by atoms with Gasteiger partial charge in [-0.3, -0.25) is 4.79 Å². The molecule has 4 aromatic rings. The summed E-state index contributed by atoms with van der Waals surface area (Å²) in [6, 6.07) is 26.6. The lowest BCUT2D eigenvalue weighted by Gasteiger charge is -2.32. The van der Waals surface area contributed by atoms with Gasteiger partial charge in [-0.15, -0.1) is 0 Å². The lowest BCUT2D eigenvalue weighted by molar-refractivity contribution is 0.0713. The third kappa shape index (κ3) is 5.14. The van der Waals surface area contributed by atoms with E-state index in [1.54, 1.807) is 0 Å². The second-order valence-electron chi connectivity index (χ2n) is 10.5. The van der Waals surface area contributed by atoms with Crippen LogP contribution in [-0.2, 0) is 6.42 Å². The van der Waals surface area contributed by atoms with Crippen LogP contribution >= 0.6 is 0 Å². The minimum atomic E-state index is 0.0765. The molecular formula is C32H33N3O2. The molecule has 2 fully saturated rings. The van der Waals surface area contributed by atoms with Crippen molar-refractivity contribution in [3.8, 4) is 11.3 Å². The van der Waals surface area contributed by atoms with Crippen LogP contribution in [0, 0.1) is 11.8 Å². The largest absolute Gasteiger partial charge is 0.396 e. The summed E-state index contributed by atoms with van der Waals surface area (Å²) >= 11 is 0. The molecule has 2 atom stereocenters. The molecule has 1 amide bonds. The van der Waals surface area contributed by atoms with Crippen LogP contribution in [0.2, 0.25) is 0 Å². The number of likely N-dealkylation sites (tertiary alicyclic amines) is 1. The van der Waals surface area contributed by atoms with Gasteiger partial charge in [0.1, 0.15) is 0 Å². The predicted molar refractivity (Wildman–Crippen MR) is 146 cm³/mol. The van der Waals surface area contributed by atoms with E-state index in [-0.39, 0.29) is 12.5 Å². The Morgan fingerprint density at radius 3 is 2.30 bits per heavy atom. The highest BCUT2D eigenvalue weighted by Gasteiger charge is 2.35. The molecule has 0 radical (unpaired) electrons. The monoisotopic (exact) mass is 491 g/mol. The Balaban J connectivity index is 1.23. The molecule has 1 aliphatic heterocycles. The highest BCUT2D eigenvalue weighted by atomic mass is 16.3. The van der Waals surface area contributed by atoms with Crippen LogP contribution in [-0.4, -0.2) is 45.6 Å². The highest BCUT2D eigenvalue weighted by molar-refractivity contribution is 5.97. The molecule has 2 aliphatic rings. The fraction of sp³-hybridized carbons (Fsp3) is 0.344. The lowest BCUT2D eigenvalue weighted by Crippen LogP contribution is -2.37. The second-order valence-corrected chi connectivity index (χ2v) is 10.5. The quantitative estimate of drug-likeness (QED) is 0.351. The summed E-state index contributed by atoms with van der Waals surface area (Å²) in [5.41, 5.74) is 6.57. The van der Waals surface area contributed by atoms with E-state index in [4.69, 9.17) is 9.97 Å². The zero-order chi connectivity index (χ0) is 25.2. The van der Waals surface area contributed by atoms with Crippen LogP contribution < -0.4 is 0 Å². The first-order chi connectivity index (χ1) is 18.2. The zero-order valence-corrected chi connectivity index (χ0v) is 21.1. The molecule has 1 N–H and O–H groups in total. The first-order valence-electron chi connectivity index (χ1n) is 13.5. The third-order valence-corrected chi connectivity index (χ3v) is 8.14. The maximum atomic E-state index is 13.4. The predicted octanol–water partition coefficient (Wildman–Crippen LogP) is 5.88. The number of hydrogen-bond donors (Lipinski definition) is 1. The summed E-state index contributed by atoms with van der Waals surface area (Å²) in [5.74, 6) is 1.60. The zero-order valence-electron chi connectivity index (χ0n) is 21.1. The van der Waals surface area contributed by atoms with E-state index in [1.165, 1.54) is 5.56 Å².